The van der Waals surface area contributed by atoms with Crippen molar-refractivity contribution in [3.05, 3.63) is 94.0 Å². The molecule has 1 heterocycles. The summed E-state index contributed by atoms with van der Waals surface area (Å²) in [5.41, 5.74) is 0.813. The van der Waals surface area contributed by atoms with Crippen molar-refractivity contribution < 1.29 is 28.2 Å². The van der Waals surface area contributed by atoms with Crippen LogP contribution in [0.1, 0.15) is 21.7 Å². The number of ether oxygens (including phenoxy) is 2. The average molecular weight is 464 g/mol. The van der Waals surface area contributed by atoms with E-state index in [4.69, 9.17) is 4.74 Å². The van der Waals surface area contributed by atoms with E-state index in [1.54, 1.807) is 36.4 Å². The molecule has 34 heavy (non-hydrogen) atoms. The van der Waals surface area contributed by atoms with Gasteiger partial charge in [-0.25, -0.2) is 9.78 Å². The van der Waals surface area contributed by atoms with Crippen LogP contribution in [0.5, 0.6) is 11.5 Å². The van der Waals surface area contributed by atoms with Gasteiger partial charge in [0, 0.05) is 5.56 Å². The Hall–Kier alpha value is -4.53. The topological polar surface area (TPSA) is 90.7 Å². The van der Waals surface area contributed by atoms with Crippen LogP contribution in [-0.4, -0.2) is 34.3 Å². The van der Waals surface area contributed by atoms with Crippen molar-refractivity contribution in [1.29, 1.82) is 0 Å². The van der Waals surface area contributed by atoms with Crippen molar-refractivity contribution in [1.82, 2.24) is 9.55 Å². The molecule has 4 rings (SSSR count). The van der Waals surface area contributed by atoms with Gasteiger partial charge in [-0.05, 0) is 54.6 Å². The van der Waals surface area contributed by atoms with Crippen LogP contribution in [0.3, 0.4) is 0 Å². The molecule has 0 spiro atoms. The second-order valence-electron chi connectivity index (χ2n) is 7.07. The van der Waals surface area contributed by atoms with Gasteiger partial charge in [-0.1, -0.05) is 24.3 Å². The number of aromatic nitrogens is 2. The van der Waals surface area contributed by atoms with Crippen LogP contribution >= 0.6 is 0 Å². The molecule has 172 valence electrons. The SMILES string of the molecule is COc1cccc(/C=C/c2nc3ccccc3c(=O)n2-c2ccc(C(=O)O)cc2)c1OC(F)F. The van der Waals surface area contributed by atoms with Gasteiger partial charge in [-0.2, -0.15) is 8.78 Å². The Balaban J connectivity index is 1.89. The van der Waals surface area contributed by atoms with Crippen LogP contribution in [-0.2, 0) is 0 Å². The predicted octanol–water partition coefficient (Wildman–Crippen LogP) is 4.86. The summed E-state index contributed by atoms with van der Waals surface area (Å²) in [6.45, 7) is -3.06. The maximum Gasteiger partial charge on any atom is 0.387 e. The number of aromatic carboxylic acids is 1. The number of rotatable bonds is 7. The molecular formula is C25H18F2N2O5. The number of alkyl halides is 2. The molecule has 0 aliphatic heterocycles. The number of carbonyl (C=O) groups is 1. The minimum atomic E-state index is -3.06. The molecule has 0 radical (unpaired) electrons. The van der Waals surface area contributed by atoms with Gasteiger partial charge in [0.05, 0.1) is 29.3 Å². The summed E-state index contributed by atoms with van der Waals surface area (Å²) in [6, 6.07) is 17.2. The molecule has 1 N–H and O–H groups in total. The summed E-state index contributed by atoms with van der Waals surface area (Å²) in [5.74, 6) is -0.926. The zero-order chi connectivity index (χ0) is 24.2. The third-order valence-electron chi connectivity index (χ3n) is 5.02. The highest BCUT2D eigenvalue weighted by molar-refractivity contribution is 5.88. The summed E-state index contributed by atoms with van der Waals surface area (Å²) < 4.78 is 37.1. The van der Waals surface area contributed by atoms with Gasteiger partial charge in [0.15, 0.2) is 11.5 Å². The number of nitrogens with zero attached hydrogens (tertiary/aromatic N) is 2. The molecule has 4 aromatic rings. The first-order valence-corrected chi connectivity index (χ1v) is 10.0. The molecule has 0 aliphatic carbocycles. The Labute approximate surface area is 192 Å². The van der Waals surface area contributed by atoms with E-state index in [9.17, 15) is 23.5 Å². The van der Waals surface area contributed by atoms with E-state index < -0.39 is 12.6 Å². The number of hydrogen-bond donors (Lipinski definition) is 1. The summed E-state index contributed by atoms with van der Waals surface area (Å²) >= 11 is 0. The number of para-hydroxylation sites is 2. The lowest BCUT2D eigenvalue weighted by molar-refractivity contribution is -0.0513. The Kier molecular flexibility index (Phi) is 6.35. The van der Waals surface area contributed by atoms with Gasteiger partial charge in [-0.3, -0.25) is 9.36 Å². The maximum atomic E-state index is 13.3. The summed E-state index contributed by atoms with van der Waals surface area (Å²) in [5, 5.41) is 9.54. The Bertz CT molecular complexity index is 1450. The van der Waals surface area contributed by atoms with E-state index in [-0.39, 0.29) is 34.0 Å². The number of fused-ring (bicyclic) bond motifs is 1. The van der Waals surface area contributed by atoms with Gasteiger partial charge in [0.1, 0.15) is 5.82 Å². The second kappa shape index (κ2) is 9.53. The van der Waals surface area contributed by atoms with Gasteiger partial charge in [0.2, 0.25) is 0 Å². The predicted molar refractivity (Wildman–Crippen MR) is 123 cm³/mol. The van der Waals surface area contributed by atoms with Crippen LogP contribution in [0.4, 0.5) is 8.78 Å². The summed E-state index contributed by atoms with van der Waals surface area (Å²) in [7, 11) is 1.34. The molecular weight excluding hydrogens is 446 g/mol. The minimum absolute atomic E-state index is 0.0628. The fraction of sp³-hybridized carbons (Fsp3) is 0.0800. The number of benzene rings is 3. The summed E-state index contributed by atoms with van der Waals surface area (Å²) in [6.07, 6.45) is 2.98. The van der Waals surface area contributed by atoms with Gasteiger partial charge in [0.25, 0.3) is 5.56 Å². The minimum Gasteiger partial charge on any atom is -0.493 e. The molecule has 9 heteroatoms. The number of halogens is 2. The molecule has 1 aromatic heterocycles. The lowest BCUT2D eigenvalue weighted by atomic mass is 10.1. The van der Waals surface area contributed by atoms with E-state index in [2.05, 4.69) is 9.72 Å². The second-order valence-corrected chi connectivity index (χ2v) is 7.07. The van der Waals surface area contributed by atoms with E-state index in [0.29, 0.717) is 16.6 Å². The standard InChI is InChI=1S/C25H18F2N2O5/c1-33-20-8-4-5-15(22(20)34-25(26)27)11-14-21-28-19-7-3-2-6-18(19)23(30)29(21)17-12-9-16(10-13-17)24(31)32/h2-14,25H,1H3,(H,31,32)/b14-11+. The first-order chi connectivity index (χ1) is 16.4. The van der Waals surface area contributed by atoms with E-state index in [1.165, 1.54) is 54.2 Å². The zero-order valence-corrected chi connectivity index (χ0v) is 17.8. The van der Waals surface area contributed by atoms with Crippen LogP contribution in [0, 0.1) is 0 Å². The molecule has 3 aromatic carbocycles. The lowest BCUT2D eigenvalue weighted by Crippen LogP contribution is -2.22. The smallest absolute Gasteiger partial charge is 0.387 e. The Morgan fingerprint density at radius 3 is 2.44 bits per heavy atom. The first kappa shape index (κ1) is 22.7. The number of methoxy groups -OCH3 is 1. The zero-order valence-electron chi connectivity index (χ0n) is 17.8. The largest absolute Gasteiger partial charge is 0.493 e. The number of hydrogen-bond acceptors (Lipinski definition) is 5. The number of carboxylic acid groups (broad SMARTS) is 1. The molecule has 0 aliphatic rings. The van der Waals surface area contributed by atoms with Crippen molar-refractivity contribution in [2.45, 2.75) is 6.61 Å². The van der Waals surface area contributed by atoms with Gasteiger partial charge >= 0.3 is 12.6 Å². The van der Waals surface area contributed by atoms with Crippen LogP contribution < -0.4 is 15.0 Å². The van der Waals surface area contributed by atoms with E-state index in [0.717, 1.165) is 0 Å². The highest BCUT2D eigenvalue weighted by Crippen LogP contribution is 2.33. The molecule has 0 saturated heterocycles. The quantitative estimate of drug-likeness (QED) is 0.420. The van der Waals surface area contributed by atoms with Crippen LogP contribution in [0.15, 0.2) is 71.5 Å². The van der Waals surface area contributed by atoms with Crippen molar-refractivity contribution in [3.8, 4) is 17.2 Å². The molecule has 7 nitrogen and oxygen atoms in total. The van der Waals surface area contributed by atoms with Crippen molar-refractivity contribution in [3.63, 3.8) is 0 Å². The maximum absolute atomic E-state index is 13.3. The third kappa shape index (κ3) is 4.49. The Morgan fingerprint density at radius 2 is 1.76 bits per heavy atom. The van der Waals surface area contributed by atoms with Gasteiger partial charge < -0.3 is 14.6 Å². The molecule has 0 fully saturated rings. The highest BCUT2D eigenvalue weighted by Gasteiger charge is 2.15. The first-order valence-electron chi connectivity index (χ1n) is 10.0. The normalized spacial score (nSPS) is 11.3. The summed E-state index contributed by atoms with van der Waals surface area (Å²) in [4.78, 5) is 29.1. The van der Waals surface area contributed by atoms with Gasteiger partial charge in [-0.15, -0.1) is 0 Å². The molecule has 0 bridgehead atoms. The molecule has 0 amide bonds. The lowest BCUT2D eigenvalue weighted by Gasteiger charge is -2.13. The van der Waals surface area contributed by atoms with Crippen molar-refractivity contribution in [2.24, 2.45) is 0 Å². The van der Waals surface area contributed by atoms with E-state index >= 15 is 0 Å². The average Bonchev–Trinajstić information content (AvgIpc) is 2.83. The third-order valence-corrected chi connectivity index (χ3v) is 5.02. The number of carboxylic acids is 1. The van der Waals surface area contributed by atoms with Crippen molar-refractivity contribution >= 4 is 29.0 Å². The fourth-order valence-electron chi connectivity index (χ4n) is 3.47. The molecule has 0 saturated carbocycles. The Morgan fingerprint density at radius 1 is 1.03 bits per heavy atom. The fourth-order valence-corrected chi connectivity index (χ4v) is 3.47. The van der Waals surface area contributed by atoms with Crippen LogP contribution in [0.2, 0.25) is 0 Å². The highest BCUT2D eigenvalue weighted by atomic mass is 19.3. The van der Waals surface area contributed by atoms with Crippen molar-refractivity contribution in [2.75, 3.05) is 7.11 Å². The van der Waals surface area contributed by atoms with Crippen LogP contribution in [0.25, 0.3) is 28.7 Å². The van der Waals surface area contributed by atoms with E-state index in [1.807, 2.05) is 0 Å². The molecule has 0 atom stereocenters. The monoisotopic (exact) mass is 464 g/mol. The molecule has 0 unspecified atom stereocenters.